The van der Waals surface area contributed by atoms with E-state index < -0.39 is 11.6 Å². The van der Waals surface area contributed by atoms with Crippen LogP contribution in [-0.4, -0.2) is 24.5 Å². The maximum Gasteiger partial charge on any atom is 0.130 e. The molecule has 0 radical (unpaired) electrons. The average Bonchev–Trinajstić information content (AvgIpc) is 2.39. The molecule has 0 saturated carbocycles. The highest BCUT2D eigenvalue weighted by atomic mass is 35.5. The summed E-state index contributed by atoms with van der Waals surface area (Å²) in [5, 5.41) is 0. The molecule has 114 valence electrons. The Morgan fingerprint density at radius 2 is 2.00 bits per heavy atom. The van der Waals surface area contributed by atoms with Crippen LogP contribution in [0, 0.1) is 17.6 Å². The van der Waals surface area contributed by atoms with Gasteiger partial charge in [-0.2, -0.15) is 0 Å². The zero-order valence-corrected chi connectivity index (χ0v) is 12.6. The Balaban J connectivity index is 0.00000200. The molecule has 1 aromatic carbocycles. The zero-order chi connectivity index (χ0) is 13.8. The fourth-order valence-electron chi connectivity index (χ4n) is 3.01. The lowest BCUT2D eigenvalue weighted by Gasteiger charge is -2.37. The van der Waals surface area contributed by atoms with E-state index in [4.69, 9.17) is 5.73 Å². The van der Waals surface area contributed by atoms with Gasteiger partial charge in [0.25, 0.3) is 0 Å². The Morgan fingerprint density at radius 3 is 2.60 bits per heavy atom. The second-order valence-corrected chi connectivity index (χ2v) is 5.39. The lowest BCUT2D eigenvalue weighted by Crippen LogP contribution is -2.38. The van der Waals surface area contributed by atoms with Crippen molar-refractivity contribution < 1.29 is 8.78 Å². The van der Waals surface area contributed by atoms with Crippen LogP contribution in [0.4, 0.5) is 8.78 Å². The van der Waals surface area contributed by atoms with Gasteiger partial charge in [0.15, 0.2) is 0 Å². The van der Waals surface area contributed by atoms with Crippen molar-refractivity contribution in [2.45, 2.75) is 32.2 Å². The van der Waals surface area contributed by atoms with Gasteiger partial charge in [-0.3, -0.25) is 4.90 Å². The number of benzene rings is 1. The van der Waals surface area contributed by atoms with E-state index in [-0.39, 0.29) is 24.0 Å². The van der Waals surface area contributed by atoms with Gasteiger partial charge in [0, 0.05) is 18.2 Å². The first-order valence-corrected chi connectivity index (χ1v) is 7.01. The maximum atomic E-state index is 13.8. The first kappa shape index (κ1) is 17.3. The Labute approximate surface area is 125 Å². The number of nitrogens with two attached hydrogens (primary N) is 1. The van der Waals surface area contributed by atoms with E-state index in [1.807, 2.05) is 6.92 Å². The maximum absolute atomic E-state index is 13.8. The van der Waals surface area contributed by atoms with Gasteiger partial charge in [-0.1, -0.05) is 6.07 Å². The molecule has 5 heteroatoms. The molecule has 1 aromatic rings. The molecule has 1 aliphatic rings. The molecular weight excluding hydrogens is 282 g/mol. The van der Waals surface area contributed by atoms with Gasteiger partial charge in [0.1, 0.15) is 11.6 Å². The van der Waals surface area contributed by atoms with Crippen LogP contribution in [0.25, 0.3) is 0 Å². The molecule has 0 aromatic heterocycles. The molecule has 1 saturated heterocycles. The van der Waals surface area contributed by atoms with E-state index in [1.165, 1.54) is 24.6 Å². The third-order valence-electron chi connectivity index (χ3n) is 4.09. The molecule has 2 rings (SSSR count). The predicted molar refractivity (Wildman–Crippen MR) is 80.0 cm³/mol. The summed E-state index contributed by atoms with van der Waals surface area (Å²) in [6, 6.07) is 3.85. The normalized spacial score (nSPS) is 21.3. The third kappa shape index (κ3) is 3.90. The van der Waals surface area contributed by atoms with Crippen molar-refractivity contribution in [1.82, 2.24) is 4.90 Å². The quantitative estimate of drug-likeness (QED) is 0.922. The second kappa shape index (κ2) is 7.91. The third-order valence-corrected chi connectivity index (χ3v) is 4.09. The molecular formula is C15H23ClF2N2. The van der Waals surface area contributed by atoms with Crippen molar-refractivity contribution in [3.8, 4) is 0 Å². The van der Waals surface area contributed by atoms with E-state index in [2.05, 4.69) is 4.90 Å². The molecule has 20 heavy (non-hydrogen) atoms. The van der Waals surface area contributed by atoms with Crippen LogP contribution in [0.5, 0.6) is 0 Å². The molecule has 2 nitrogen and oxygen atoms in total. The molecule has 2 N–H and O–H groups in total. The molecule has 0 amide bonds. The molecule has 0 aliphatic carbocycles. The Morgan fingerprint density at radius 1 is 1.35 bits per heavy atom. The molecule has 1 fully saturated rings. The van der Waals surface area contributed by atoms with Crippen LogP contribution in [0.2, 0.25) is 0 Å². The van der Waals surface area contributed by atoms with Crippen LogP contribution >= 0.6 is 12.4 Å². The summed E-state index contributed by atoms with van der Waals surface area (Å²) < 4.78 is 27.6. The number of halogens is 3. The minimum absolute atomic E-state index is 0. The minimum Gasteiger partial charge on any atom is -0.330 e. The highest BCUT2D eigenvalue weighted by molar-refractivity contribution is 5.85. The van der Waals surface area contributed by atoms with Crippen LogP contribution in [0.1, 0.15) is 37.8 Å². The number of piperidine rings is 1. The summed E-state index contributed by atoms with van der Waals surface area (Å²) in [5.41, 5.74) is 5.79. The average molecular weight is 305 g/mol. The summed E-state index contributed by atoms with van der Waals surface area (Å²) >= 11 is 0. The molecule has 2 atom stereocenters. The fraction of sp³-hybridized carbons (Fsp3) is 0.600. The van der Waals surface area contributed by atoms with Crippen LogP contribution in [0.15, 0.2) is 18.2 Å². The Hall–Kier alpha value is -0.710. The van der Waals surface area contributed by atoms with Crippen molar-refractivity contribution in [2.24, 2.45) is 11.7 Å². The number of hydrogen-bond donors (Lipinski definition) is 1. The van der Waals surface area contributed by atoms with E-state index in [0.29, 0.717) is 12.5 Å². The van der Waals surface area contributed by atoms with Crippen LogP contribution in [0.3, 0.4) is 0 Å². The first-order valence-electron chi connectivity index (χ1n) is 7.01. The summed E-state index contributed by atoms with van der Waals surface area (Å²) in [7, 11) is 0. The minimum atomic E-state index is -0.451. The van der Waals surface area contributed by atoms with E-state index in [9.17, 15) is 8.78 Å². The van der Waals surface area contributed by atoms with Gasteiger partial charge in [0.05, 0.1) is 0 Å². The SMILES string of the molecule is CC(c1c(F)cccc1F)N1CCCC(CCN)C1.Cl. The Kier molecular flexibility index (Phi) is 6.86. The number of rotatable bonds is 4. The summed E-state index contributed by atoms with van der Waals surface area (Å²) in [4.78, 5) is 2.17. The molecule has 0 bridgehead atoms. The predicted octanol–water partition coefficient (Wildman–Crippen LogP) is 3.51. The van der Waals surface area contributed by atoms with E-state index in [1.54, 1.807) is 0 Å². The Bertz CT molecular complexity index is 406. The first-order chi connectivity index (χ1) is 9.13. The van der Waals surface area contributed by atoms with Crippen LogP contribution < -0.4 is 5.73 Å². The van der Waals surface area contributed by atoms with Gasteiger partial charge >= 0.3 is 0 Å². The van der Waals surface area contributed by atoms with Crippen LogP contribution in [-0.2, 0) is 0 Å². The summed E-state index contributed by atoms with van der Waals surface area (Å²) in [6.07, 6.45) is 3.23. The van der Waals surface area contributed by atoms with E-state index >= 15 is 0 Å². The van der Waals surface area contributed by atoms with Crippen molar-refractivity contribution in [1.29, 1.82) is 0 Å². The van der Waals surface area contributed by atoms with Crippen molar-refractivity contribution in [2.75, 3.05) is 19.6 Å². The van der Waals surface area contributed by atoms with E-state index in [0.717, 1.165) is 25.9 Å². The monoisotopic (exact) mass is 304 g/mol. The number of hydrogen-bond acceptors (Lipinski definition) is 2. The highest BCUT2D eigenvalue weighted by Crippen LogP contribution is 2.30. The summed E-state index contributed by atoms with van der Waals surface area (Å²) in [5.74, 6) is -0.349. The van der Waals surface area contributed by atoms with Crippen molar-refractivity contribution in [3.63, 3.8) is 0 Å². The largest absolute Gasteiger partial charge is 0.330 e. The second-order valence-electron chi connectivity index (χ2n) is 5.39. The lowest BCUT2D eigenvalue weighted by molar-refractivity contribution is 0.124. The lowest BCUT2D eigenvalue weighted by atomic mass is 9.92. The van der Waals surface area contributed by atoms with Gasteiger partial charge in [-0.25, -0.2) is 8.78 Å². The molecule has 1 heterocycles. The number of likely N-dealkylation sites (tertiary alicyclic amines) is 1. The topological polar surface area (TPSA) is 29.3 Å². The zero-order valence-electron chi connectivity index (χ0n) is 11.8. The molecule has 0 spiro atoms. The van der Waals surface area contributed by atoms with Crippen molar-refractivity contribution >= 4 is 12.4 Å². The number of nitrogens with zero attached hydrogens (tertiary/aromatic N) is 1. The smallest absolute Gasteiger partial charge is 0.130 e. The fourth-order valence-corrected chi connectivity index (χ4v) is 3.01. The van der Waals surface area contributed by atoms with Gasteiger partial charge in [0.2, 0.25) is 0 Å². The van der Waals surface area contributed by atoms with Gasteiger partial charge in [-0.15, -0.1) is 12.4 Å². The van der Waals surface area contributed by atoms with Crippen molar-refractivity contribution in [3.05, 3.63) is 35.4 Å². The molecule has 2 unspecified atom stereocenters. The summed E-state index contributed by atoms with van der Waals surface area (Å²) in [6.45, 7) is 4.34. The molecule has 1 aliphatic heterocycles. The van der Waals surface area contributed by atoms with Gasteiger partial charge in [-0.05, 0) is 57.3 Å². The van der Waals surface area contributed by atoms with Gasteiger partial charge < -0.3 is 5.73 Å². The highest BCUT2D eigenvalue weighted by Gasteiger charge is 2.27. The standard InChI is InChI=1S/C15H22F2N2.ClH/c1-11(15-13(16)5-2-6-14(15)17)19-9-3-4-12(10-19)7-8-18;/h2,5-6,11-12H,3-4,7-10,18H2,1H3;1H.